The molecule has 2 rings (SSSR count). The Morgan fingerprint density at radius 2 is 1.16 bits per heavy atom. The summed E-state index contributed by atoms with van der Waals surface area (Å²) in [6, 6.07) is 19.5. The minimum atomic E-state index is -3.73. The molecule has 0 aliphatic carbocycles. The van der Waals surface area contributed by atoms with E-state index < -0.39 is 13.7 Å². The molecule has 2 heteroatoms. The van der Waals surface area contributed by atoms with Crippen LogP contribution in [0.5, 0.6) is 0 Å². The first-order chi connectivity index (χ1) is 8.92. The Balaban J connectivity index is 2.51. The topological polar surface area (TPSA) is 0 Å². The van der Waals surface area contributed by atoms with Crippen molar-refractivity contribution in [2.24, 2.45) is 5.41 Å². The molecular weight excluding hydrogens is 296 g/mol. The average molecular weight is 317 g/mol. The number of halogens is 1. The average Bonchev–Trinajstić information content (AvgIpc) is 2.39. The van der Waals surface area contributed by atoms with Crippen LogP contribution in [0.15, 0.2) is 60.7 Å². The first-order valence-electron chi connectivity index (χ1n) is 6.72. The molecule has 0 heterocycles. The number of benzene rings is 2. The van der Waals surface area contributed by atoms with Gasteiger partial charge in [-0.3, -0.25) is 0 Å². The fourth-order valence-corrected chi connectivity index (χ4v) is 10.2. The molecule has 0 spiro atoms. The van der Waals surface area contributed by atoms with Crippen molar-refractivity contribution in [1.29, 1.82) is 0 Å². The van der Waals surface area contributed by atoms with E-state index in [1.54, 1.807) is 0 Å². The maximum atomic E-state index is 15.9. The molecule has 0 aliphatic heterocycles. The van der Waals surface area contributed by atoms with Gasteiger partial charge in [0.2, 0.25) is 0 Å². The number of hydrogen-bond acceptors (Lipinski definition) is 0. The molecule has 0 N–H and O–H groups in total. The molecule has 2 aromatic carbocycles. The number of rotatable bonds is 3. The van der Waals surface area contributed by atoms with Gasteiger partial charge in [-0.15, -0.1) is 0 Å². The van der Waals surface area contributed by atoms with Crippen molar-refractivity contribution >= 4 is 22.5 Å². The van der Waals surface area contributed by atoms with Crippen molar-refractivity contribution in [1.82, 2.24) is 0 Å². The van der Waals surface area contributed by atoms with Crippen molar-refractivity contribution in [3.63, 3.8) is 0 Å². The molecule has 0 fully saturated rings. The molecule has 100 valence electrons. The summed E-state index contributed by atoms with van der Waals surface area (Å²) >= 11 is -3.73. The summed E-state index contributed by atoms with van der Waals surface area (Å²) in [5, 5.41) is 0.654. The van der Waals surface area contributed by atoms with Crippen LogP contribution in [0.4, 0.5) is 3.50 Å². The molecule has 0 unspecified atom stereocenters. The zero-order chi connectivity index (χ0) is 13.9. The molecule has 0 nitrogen and oxygen atoms in total. The summed E-state index contributed by atoms with van der Waals surface area (Å²) in [4.78, 5) is 0. The van der Waals surface area contributed by atoms with Crippen LogP contribution in [0, 0.1) is 5.41 Å². The van der Waals surface area contributed by atoms with E-state index in [2.05, 4.69) is 20.8 Å². The van der Waals surface area contributed by atoms with Gasteiger partial charge in [-0.05, 0) is 0 Å². The van der Waals surface area contributed by atoms with E-state index >= 15 is 3.50 Å². The van der Waals surface area contributed by atoms with Crippen LogP contribution in [0.2, 0.25) is 5.25 Å². The van der Waals surface area contributed by atoms with E-state index in [1.165, 1.54) is 0 Å². The summed E-state index contributed by atoms with van der Waals surface area (Å²) in [5.74, 6) is 0. The summed E-state index contributed by atoms with van der Waals surface area (Å²) in [5.41, 5.74) is 0.000429. The van der Waals surface area contributed by atoms with Gasteiger partial charge in [-0.1, -0.05) is 0 Å². The molecule has 19 heavy (non-hydrogen) atoms. The van der Waals surface area contributed by atoms with Crippen molar-refractivity contribution in [3.8, 4) is 0 Å². The molecular formula is C17H21FGe. The van der Waals surface area contributed by atoms with Crippen LogP contribution in [0.25, 0.3) is 0 Å². The fraction of sp³-hybridized carbons (Fsp3) is 0.294. The SMILES string of the molecule is CC(C)(C)[CH2][Ge]([F])([c]1ccccc1)[c]1ccccc1. The van der Waals surface area contributed by atoms with Gasteiger partial charge in [-0.25, -0.2) is 0 Å². The van der Waals surface area contributed by atoms with Gasteiger partial charge >= 0.3 is 118 Å². The first-order valence-corrected chi connectivity index (χ1v) is 11.1. The second-order valence-corrected chi connectivity index (χ2v) is 12.8. The van der Waals surface area contributed by atoms with Crippen LogP contribution in [-0.2, 0) is 0 Å². The zero-order valence-electron chi connectivity index (χ0n) is 11.9. The molecule has 0 saturated heterocycles. The quantitative estimate of drug-likeness (QED) is 0.756. The van der Waals surface area contributed by atoms with Gasteiger partial charge in [0.25, 0.3) is 0 Å². The molecule has 0 saturated carbocycles. The molecule has 0 atom stereocenters. The third-order valence-electron chi connectivity index (χ3n) is 3.24. The second-order valence-electron chi connectivity index (χ2n) is 6.27. The Kier molecular flexibility index (Phi) is 4.14. The molecule has 0 bridgehead atoms. The van der Waals surface area contributed by atoms with E-state index in [1.807, 2.05) is 60.7 Å². The van der Waals surface area contributed by atoms with E-state index in [9.17, 15) is 0 Å². The third-order valence-corrected chi connectivity index (χ3v) is 11.7. The Hall–Kier alpha value is -1.09. The van der Waals surface area contributed by atoms with Crippen LogP contribution in [0.1, 0.15) is 20.8 Å². The first kappa shape index (κ1) is 14.3. The molecule has 0 aromatic heterocycles. The number of hydrogen-bond donors (Lipinski definition) is 0. The van der Waals surface area contributed by atoms with Crippen LogP contribution in [0.3, 0.4) is 0 Å². The maximum absolute atomic E-state index is 15.9. The van der Waals surface area contributed by atoms with Gasteiger partial charge < -0.3 is 0 Å². The van der Waals surface area contributed by atoms with E-state index in [4.69, 9.17) is 0 Å². The molecule has 0 radical (unpaired) electrons. The van der Waals surface area contributed by atoms with Gasteiger partial charge in [-0.2, -0.15) is 0 Å². The summed E-state index contributed by atoms with van der Waals surface area (Å²) in [7, 11) is 0. The Bertz CT molecular complexity index is 474. The van der Waals surface area contributed by atoms with E-state index in [0.717, 1.165) is 8.79 Å². The van der Waals surface area contributed by atoms with Crippen LogP contribution < -0.4 is 8.79 Å². The van der Waals surface area contributed by atoms with Gasteiger partial charge in [0, 0.05) is 0 Å². The summed E-state index contributed by atoms with van der Waals surface area (Å²) < 4.78 is 17.8. The molecule has 0 aliphatic rings. The Morgan fingerprint density at radius 1 is 0.789 bits per heavy atom. The zero-order valence-corrected chi connectivity index (χ0v) is 14.0. The summed E-state index contributed by atoms with van der Waals surface area (Å²) in [6.45, 7) is 6.37. The minimum absolute atomic E-state index is 0.000429. The van der Waals surface area contributed by atoms with Crippen LogP contribution in [-0.4, -0.2) is 13.7 Å². The normalized spacial score (nSPS) is 12.4. The fourth-order valence-electron chi connectivity index (χ4n) is 2.51. The van der Waals surface area contributed by atoms with Crippen LogP contribution >= 0.6 is 0 Å². The predicted molar refractivity (Wildman–Crippen MR) is 83.3 cm³/mol. The molecule has 0 amide bonds. The van der Waals surface area contributed by atoms with Crippen molar-refractivity contribution in [2.75, 3.05) is 0 Å². The Labute approximate surface area is 118 Å². The van der Waals surface area contributed by atoms with Crippen molar-refractivity contribution in [3.05, 3.63) is 60.7 Å². The van der Waals surface area contributed by atoms with Gasteiger partial charge in [0.05, 0.1) is 0 Å². The van der Waals surface area contributed by atoms with E-state index in [0.29, 0.717) is 5.25 Å². The third kappa shape index (κ3) is 3.47. The molecule has 2 aromatic rings. The monoisotopic (exact) mass is 318 g/mol. The second kappa shape index (κ2) is 5.50. The summed E-state index contributed by atoms with van der Waals surface area (Å²) in [6.07, 6.45) is 0. The standard InChI is InChI=1S/C17H21FGe/c1-17(2,3)14-19(18,15-10-6-4-7-11-15)16-12-8-5-9-13-16/h4-13H,14H2,1-3H3. The Morgan fingerprint density at radius 3 is 1.47 bits per heavy atom. The van der Waals surface area contributed by atoms with Gasteiger partial charge in [0.15, 0.2) is 0 Å². The predicted octanol–water partition coefficient (Wildman–Crippen LogP) is 3.76. The van der Waals surface area contributed by atoms with Gasteiger partial charge in [0.1, 0.15) is 0 Å². The van der Waals surface area contributed by atoms with Crippen molar-refractivity contribution < 1.29 is 3.50 Å². The van der Waals surface area contributed by atoms with Crippen molar-refractivity contribution in [2.45, 2.75) is 26.0 Å². The van der Waals surface area contributed by atoms with E-state index in [-0.39, 0.29) is 5.41 Å².